The Bertz CT molecular complexity index is 2140. The van der Waals surface area contributed by atoms with E-state index in [1.165, 1.54) is 56.2 Å². The Hall–Kier alpha value is -4.21. The van der Waals surface area contributed by atoms with Crippen LogP contribution < -0.4 is 0 Å². The SMILES string of the molecule is CC(C)c1ccnc(-c2[c-]c3cc(-c4ccccc4)sc3c(-c3ccccc3)c2)c1.[2H]C([2H])([2H])c1c[c-]c(-c2ccc(C([2H])([2H])[2H])cn2)cc1.[Ir]. The van der Waals surface area contributed by atoms with Gasteiger partial charge in [0.2, 0.25) is 0 Å². The molecule has 0 spiro atoms. The smallest absolute Gasteiger partial charge is 0.0280 e. The number of hydrogen-bond acceptors (Lipinski definition) is 3. The summed E-state index contributed by atoms with van der Waals surface area (Å²) in [4.78, 5) is 10.0. The van der Waals surface area contributed by atoms with Gasteiger partial charge in [-0.05, 0) is 56.4 Å². The summed E-state index contributed by atoms with van der Waals surface area (Å²) in [6.07, 6.45) is 3.21. The van der Waals surface area contributed by atoms with Crippen LogP contribution in [0.15, 0.2) is 128 Å². The van der Waals surface area contributed by atoms with Crippen LogP contribution in [0.1, 0.15) is 44.7 Å². The molecule has 4 heteroatoms. The van der Waals surface area contributed by atoms with E-state index in [2.05, 4.69) is 121 Å². The summed E-state index contributed by atoms with van der Waals surface area (Å²) in [5.41, 5.74) is 8.57. The van der Waals surface area contributed by atoms with Gasteiger partial charge in [-0.1, -0.05) is 111 Å². The first-order valence-electron chi connectivity index (χ1n) is 17.4. The van der Waals surface area contributed by atoms with E-state index in [0.717, 1.165) is 16.6 Å². The molecule has 3 heterocycles. The van der Waals surface area contributed by atoms with Gasteiger partial charge in [0.15, 0.2) is 0 Å². The first-order chi connectivity index (χ1) is 23.9. The maximum absolute atomic E-state index is 7.28. The second kappa shape index (κ2) is 14.7. The molecule has 0 atom stereocenters. The molecule has 0 saturated carbocycles. The number of fused-ring (bicyclic) bond motifs is 1. The summed E-state index contributed by atoms with van der Waals surface area (Å²) in [5.74, 6) is 0.468. The van der Waals surface area contributed by atoms with E-state index in [1.807, 2.05) is 17.5 Å². The van der Waals surface area contributed by atoms with Crippen molar-refractivity contribution in [2.24, 2.45) is 0 Å². The molecule has 45 heavy (non-hydrogen) atoms. The quantitative estimate of drug-likeness (QED) is 0.163. The van der Waals surface area contributed by atoms with E-state index in [-0.39, 0.29) is 31.2 Å². The fourth-order valence-corrected chi connectivity index (χ4v) is 6.04. The zero-order valence-electron chi connectivity index (χ0n) is 30.8. The Balaban J connectivity index is 0.000000211. The van der Waals surface area contributed by atoms with Gasteiger partial charge in [0.25, 0.3) is 0 Å². The van der Waals surface area contributed by atoms with Crippen LogP contribution in [0.2, 0.25) is 0 Å². The molecular formula is C41H34IrN2S-2. The van der Waals surface area contributed by atoms with Gasteiger partial charge < -0.3 is 4.98 Å². The Morgan fingerprint density at radius 3 is 2.09 bits per heavy atom. The summed E-state index contributed by atoms with van der Waals surface area (Å²) < 4.78 is 44.9. The maximum Gasteiger partial charge on any atom is 0.0280 e. The summed E-state index contributed by atoms with van der Waals surface area (Å²) >= 11 is 1.83. The molecular weight excluding hydrogens is 745 g/mol. The molecule has 0 bridgehead atoms. The van der Waals surface area contributed by atoms with Crippen molar-refractivity contribution in [2.45, 2.75) is 33.5 Å². The van der Waals surface area contributed by atoms with Crippen molar-refractivity contribution < 1.29 is 28.3 Å². The molecule has 0 amide bonds. The van der Waals surface area contributed by atoms with Gasteiger partial charge in [0, 0.05) is 46.4 Å². The second-order valence-corrected chi connectivity index (χ2v) is 11.8. The van der Waals surface area contributed by atoms with Crippen LogP contribution in [-0.4, -0.2) is 9.97 Å². The minimum atomic E-state index is -2.18. The van der Waals surface area contributed by atoms with Crippen molar-refractivity contribution in [1.82, 2.24) is 9.97 Å². The van der Waals surface area contributed by atoms with Gasteiger partial charge in [-0.25, -0.2) is 0 Å². The average molecular weight is 785 g/mol. The molecule has 1 radical (unpaired) electrons. The zero-order valence-corrected chi connectivity index (χ0v) is 28.0. The minimum Gasteiger partial charge on any atom is -0.304 e. The number of aromatic nitrogens is 2. The largest absolute Gasteiger partial charge is 0.304 e. The summed E-state index contributed by atoms with van der Waals surface area (Å²) in [5, 5.41) is 1.15. The van der Waals surface area contributed by atoms with Crippen molar-refractivity contribution in [3.8, 4) is 44.1 Å². The Morgan fingerprint density at radius 2 is 1.44 bits per heavy atom. The van der Waals surface area contributed by atoms with Crippen LogP contribution in [0.5, 0.6) is 0 Å². The average Bonchev–Trinajstić information content (AvgIpc) is 3.56. The Labute approximate surface area is 292 Å². The first kappa shape index (κ1) is 25.0. The summed E-state index contributed by atoms with van der Waals surface area (Å²) in [6.45, 7) is 0.0901. The van der Waals surface area contributed by atoms with Crippen molar-refractivity contribution in [3.05, 3.63) is 156 Å². The molecule has 4 aromatic carbocycles. The third-order valence-electron chi connectivity index (χ3n) is 7.26. The number of nitrogens with zero attached hydrogens (tertiary/aromatic N) is 2. The standard InChI is InChI=1S/C28H22NS.C13H12N.Ir/c1-19(2)22-13-14-29-26(17-22)23-15-24-18-27(21-11-7-4-8-12-21)30-28(24)25(16-23)20-9-5-3-6-10-20;1-10-3-6-12(7-4-10)13-8-5-11(2)9-14-13;/h3-14,16-19H,1-2H3;3-6,8-9H,1-2H3;/q2*-1;/i;1D3,2D3;. The molecule has 7 aromatic rings. The van der Waals surface area contributed by atoms with E-state index in [0.29, 0.717) is 17.2 Å². The molecule has 2 nitrogen and oxygen atoms in total. The van der Waals surface area contributed by atoms with Crippen LogP contribution in [0.3, 0.4) is 0 Å². The monoisotopic (exact) mass is 785 g/mol. The van der Waals surface area contributed by atoms with Gasteiger partial charge in [0.05, 0.1) is 0 Å². The fraction of sp³-hybridized carbons (Fsp3) is 0.122. The Morgan fingerprint density at radius 1 is 0.711 bits per heavy atom. The van der Waals surface area contributed by atoms with E-state index in [1.54, 1.807) is 12.1 Å². The van der Waals surface area contributed by atoms with Crippen LogP contribution in [0.4, 0.5) is 0 Å². The number of aryl methyl sites for hydroxylation is 2. The molecule has 7 rings (SSSR count). The molecule has 0 fully saturated rings. The minimum absolute atomic E-state index is 0. The van der Waals surface area contributed by atoms with Crippen LogP contribution in [-0.2, 0) is 20.1 Å². The van der Waals surface area contributed by atoms with Crippen LogP contribution >= 0.6 is 11.3 Å². The zero-order chi connectivity index (χ0) is 35.5. The topological polar surface area (TPSA) is 25.8 Å². The number of pyridine rings is 2. The molecule has 225 valence electrons. The maximum atomic E-state index is 7.28. The molecule has 3 aromatic heterocycles. The molecule has 0 aliphatic rings. The van der Waals surface area contributed by atoms with Gasteiger partial charge in [-0.3, -0.25) is 4.98 Å². The van der Waals surface area contributed by atoms with E-state index in [9.17, 15) is 0 Å². The van der Waals surface area contributed by atoms with Gasteiger partial charge in [0.1, 0.15) is 0 Å². The molecule has 0 N–H and O–H groups in total. The van der Waals surface area contributed by atoms with Crippen LogP contribution in [0, 0.1) is 25.8 Å². The van der Waals surface area contributed by atoms with Crippen LogP contribution in [0.25, 0.3) is 54.2 Å². The molecule has 0 saturated heterocycles. The van der Waals surface area contributed by atoms with Crippen molar-refractivity contribution in [2.75, 3.05) is 0 Å². The fourth-order valence-electron chi connectivity index (χ4n) is 4.88. The van der Waals surface area contributed by atoms with E-state index in [4.69, 9.17) is 8.22 Å². The van der Waals surface area contributed by atoms with Crippen molar-refractivity contribution in [3.63, 3.8) is 0 Å². The van der Waals surface area contributed by atoms with E-state index < -0.39 is 13.7 Å². The normalized spacial score (nSPS) is 13.2. The molecule has 0 aliphatic carbocycles. The number of hydrogen-bond donors (Lipinski definition) is 0. The van der Waals surface area contributed by atoms with Gasteiger partial charge in [-0.2, -0.15) is 11.3 Å². The predicted molar refractivity (Wildman–Crippen MR) is 187 cm³/mol. The predicted octanol–water partition coefficient (Wildman–Crippen LogP) is 11.4. The summed E-state index contributed by atoms with van der Waals surface area (Å²) in [7, 11) is 0. The number of benzene rings is 4. The van der Waals surface area contributed by atoms with Gasteiger partial charge in [-0.15, -0.1) is 59.0 Å². The molecule has 0 aliphatic heterocycles. The Kier molecular flexibility index (Phi) is 8.18. The van der Waals surface area contributed by atoms with Crippen molar-refractivity contribution in [1.29, 1.82) is 0 Å². The number of rotatable bonds is 5. The van der Waals surface area contributed by atoms with Gasteiger partial charge >= 0.3 is 0 Å². The van der Waals surface area contributed by atoms with E-state index >= 15 is 0 Å². The first-order valence-corrected chi connectivity index (χ1v) is 15.2. The third kappa shape index (κ3) is 7.72. The second-order valence-electron chi connectivity index (χ2n) is 10.7. The molecule has 0 unspecified atom stereocenters. The number of thiophene rings is 1. The van der Waals surface area contributed by atoms with Crippen molar-refractivity contribution >= 4 is 21.4 Å². The third-order valence-corrected chi connectivity index (χ3v) is 8.47. The summed E-state index contributed by atoms with van der Waals surface area (Å²) in [6, 6.07) is 44.1.